The second kappa shape index (κ2) is 10.1. The van der Waals surface area contributed by atoms with Crippen molar-refractivity contribution in [3.8, 4) is 5.75 Å². The van der Waals surface area contributed by atoms with Crippen LogP contribution in [0.4, 0.5) is 0 Å². The van der Waals surface area contributed by atoms with Crippen molar-refractivity contribution in [2.24, 2.45) is 0 Å². The van der Waals surface area contributed by atoms with Crippen LogP contribution in [0.25, 0.3) is 10.9 Å². The van der Waals surface area contributed by atoms with Crippen LogP contribution in [0.5, 0.6) is 5.75 Å². The van der Waals surface area contributed by atoms with Crippen LogP contribution in [-0.2, 0) is 6.54 Å². The molecule has 3 aromatic rings. The Balaban J connectivity index is 1.65. The Hall–Kier alpha value is -2.12. The number of halogens is 2. The van der Waals surface area contributed by atoms with E-state index in [1.165, 1.54) is 0 Å². The van der Waals surface area contributed by atoms with Crippen LogP contribution in [-0.4, -0.2) is 45.8 Å². The van der Waals surface area contributed by atoms with Crippen LogP contribution < -0.4 is 10.3 Å². The van der Waals surface area contributed by atoms with E-state index in [1.807, 2.05) is 4.90 Å². The molecule has 0 aliphatic rings. The number of ether oxygens (including phenoxy) is 1. The van der Waals surface area contributed by atoms with E-state index in [9.17, 15) is 9.90 Å². The molecule has 0 aliphatic carbocycles. The summed E-state index contributed by atoms with van der Waals surface area (Å²) in [4.78, 5) is 21.7. The largest absolute Gasteiger partial charge is 0.491 e. The Morgan fingerprint density at radius 1 is 1.17 bits per heavy atom. The maximum Gasteiger partial charge on any atom is 0.258 e. The van der Waals surface area contributed by atoms with Crippen molar-refractivity contribution in [1.29, 1.82) is 0 Å². The van der Waals surface area contributed by atoms with Crippen LogP contribution in [0.2, 0.25) is 10.0 Å². The number of nitrogens with one attached hydrogen (secondary N) is 1. The Morgan fingerprint density at radius 2 is 1.90 bits per heavy atom. The summed E-state index contributed by atoms with van der Waals surface area (Å²) < 4.78 is 5.62. The van der Waals surface area contributed by atoms with Gasteiger partial charge in [0.15, 0.2) is 0 Å². The van der Waals surface area contributed by atoms with Gasteiger partial charge in [-0.3, -0.25) is 9.69 Å². The fourth-order valence-electron chi connectivity index (χ4n) is 3.07. The first-order valence-corrected chi connectivity index (χ1v) is 10.2. The molecular weight excluding hydrogens is 413 g/mol. The lowest BCUT2D eigenvalue weighted by Crippen LogP contribution is -2.36. The molecule has 1 atom stereocenters. The van der Waals surface area contributed by atoms with E-state index >= 15 is 0 Å². The predicted octanol–water partition coefficient (Wildman–Crippen LogP) is 3.88. The molecule has 3 rings (SSSR count). The lowest BCUT2D eigenvalue weighted by atomic mass is 10.2. The first-order valence-electron chi connectivity index (χ1n) is 9.42. The van der Waals surface area contributed by atoms with Gasteiger partial charge in [-0.15, -0.1) is 0 Å². The molecule has 2 aromatic carbocycles. The number of H-pyrrole nitrogens is 1. The van der Waals surface area contributed by atoms with Crippen molar-refractivity contribution < 1.29 is 9.84 Å². The highest BCUT2D eigenvalue weighted by atomic mass is 35.5. The number of aliphatic hydroxyl groups excluding tert-OH is 1. The summed E-state index contributed by atoms with van der Waals surface area (Å²) in [7, 11) is 0. The number of rotatable bonds is 9. The molecule has 29 heavy (non-hydrogen) atoms. The van der Waals surface area contributed by atoms with Gasteiger partial charge in [0.05, 0.1) is 17.4 Å². The maximum absolute atomic E-state index is 12.3. The third-order valence-corrected chi connectivity index (χ3v) is 4.84. The Bertz CT molecular complexity index is 1010. The van der Waals surface area contributed by atoms with Crippen molar-refractivity contribution in [2.75, 3.05) is 19.7 Å². The molecule has 1 aromatic heterocycles. The quantitative estimate of drug-likeness (QED) is 0.532. The average molecular weight is 436 g/mol. The predicted molar refractivity (Wildman–Crippen MR) is 116 cm³/mol. The van der Waals surface area contributed by atoms with Gasteiger partial charge >= 0.3 is 0 Å². The lowest BCUT2D eigenvalue weighted by Gasteiger charge is -2.24. The van der Waals surface area contributed by atoms with Gasteiger partial charge in [0, 0.05) is 16.6 Å². The van der Waals surface area contributed by atoms with Crippen LogP contribution in [0.1, 0.15) is 19.2 Å². The second-order valence-electron chi connectivity index (χ2n) is 6.83. The molecule has 0 amide bonds. The van der Waals surface area contributed by atoms with E-state index in [0.717, 1.165) is 13.0 Å². The summed E-state index contributed by atoms with van der Waals surface area (Å²) in [6.45, 7) is 3.75. The zero-order valence-electron chi connectivity index (χ0n) is 16.1. The smallest absolute Gasteiger partial charge is 0.258 e. The van der Waals surface area contributed by atoms with Crippen molar-refractivity contribution in [1.82, 2.24) is 14.9 Å². The van der Waals surface area contributed by atoms with E-state index in [-0.39, 0.29) is 12.2 Å². The summed E-state index contributed by atoms with van der Waals surface area (Å²) in [6.07, 6.45) is 0.202. The third kappa shape index (κ3) is 6.18. The van der Waals surface area contributed by atoms with Gasteiger partial charge in [0.2, 0.25) is 0 Å². The molecule has 0 bridgehead atoms. The molecule has 2 N–H and O–H groups in total. The highest BCUT2D eigenvalue weighted by Gasteiger charge is 2.15. The number of aromatic nitrogens is 2. The van der Waals surface area contributed by atoms with Gasteiger partial charge in [-0.05, 0) is 55.4 Å². The zero-order valence-corrected chi connectivity index (χ0v) is 17.6. The first-order chi connectivity index (χ1) is 13.9. The summed E-state index contributed by atoms with van der Waals surface area (Å²) in [5.41, 5.74) is 0.351. The van der Waals surface area contributed by atoms with Crippen molar-refractivity contribution in [3.63, 3.8) is 0 Å². The van der Waals surface area contributed by atoms with E-state index < -0.39 is 6.10 Å². The second-order valence-corrected chi connectivity index (χ2v) is 7.70. The maximum atomic E-state index is 12.3. The number of fused-ring (bicyclic) bond motifs is 1. The summed E-state index contributed by atoms with van der Waals surface area (Å²) in [5, 5.41) is 12.1. The number of hydrogen-bond acceptors (Lipinski definition) is 5. The third-order valence-electron chi connectivity index (χ3n) is 4.36. The fraction of sp³-hybridized carbons (Fsp3) is 0.333. The number of hydrogen-bond donors (Lipinski definition) is 2. The molecule has 0 radical (unpaired) electrons. The molecule has 8 heteroatoms. The number of benzene rings is 2. The molecule has 154 valence electrons. The fourth-order valence-corrected chi connectivity index (χ4v) is 3.37. The van der Waals surface area contributed by atoms with E-state index in [0.29, 0.717) is 45.6 Å². The van der Waals surface area contributed by atoms with Crippen LogP contribution in [0.3, 0.4) is 0 Å². The van der Waals surface area contributed by atoms with E-state index in [4.69, 9.17) is 27.9 Å². The molecule has 1 heterocycles. The number of aliphatic hydroxyl groups is 1. The molecule has 0 saturated heterocycles. The lowest BCUT2D eigenvalue weighted by molar-refractivity contribution is 0.0647. The minimum Gasteiger partial charge on any atom is -0.491 e. The van der Waals surface area contributed by atoms with Gasteiger partial charge in [0.1, 0.15) is 24.3 Å². The monoisotopic (exact) mass is 435 g/mol. The highest BCUT2D eigenvalue weighted by molar-refractivity contribution is 6.31. The van der Waals surface area contributed by atoms with Crippen LogP contribution in [0.15, 0.2) is 47.3 Å². The Kier molecular flexibility index (Phi) is 7.50. The molecule has 0 spiro atoms. The normalized spacial score (nSPS) is 12.4. The molecule has 1 unspecified atom stereocenters. The van der Waals surface area contributed by atoms with E-state index in [2.05, 4.69) is 16.9 Å². The van der Waals surface area contributed by atoms with Crippen molar-refractivity contribution >= 4 is 34.1 Å². The van der Waals surface area contributed by atoms with Gasteiger partial charge in [0.25, 0.3) is 5.56 Å². The van der Waals surface area contributed by atoms with Gasteiger partial charge in [-0.25, -0.2) is 4.98 Å². The summed E-state index contributed by atoms with van der Waals surface area (Å²) in [5.74, 6) is 1.18. The van der Waals surface area contributed by atoms with Crippen molar-refractivity contribution in [2.45, 2.75) is 26.0 Å². The van der Waals surface area contributed by atoms with Gasteiger partial charge in [-0.2, -0.15) is 0 Å². The highest BCUT2D eigenvalue weighted by Crippen LogP contribution is 2.17. The average Bonchev–Trinajstić information content (AvgIpc) is 2.67. The minimum absolute atomic E-state index is 0.152. The topological polar surface area (TPSA) is 78.5 Å². The van der Waals surface area contributed by atoms with Crippen LogP contribution in [0, 0.1) is 0 Å². The number of aromatic amines is 1. The minimum atomic E-state index is -0.696. The molecule has 6 nitrogen and oxygen atoms in total. The first kappa shape index (κ1) is 21.6. The van der Waals surface area contributed by atoms with Gasteiger partial charge in [-0.1, -0.05) is 30.1 Å². The molecule has 0 saturated carbocycles. The molecule has 0 aliphatic heterocycles. The number of nitrogens with zero attached hydrogens (tertiary/aromatic N) is 2. The van der Waals surface area contributed by atoms with Crippen LogP contribution >= 0.6 is 23.2 Å². The zero-order chi connectivity index (χ0) is 20.8. The Morgan fingerprint density at radius 3 is 2.62 bits per heavy atom. The van der Waals surface area contributed by atoms with E-state index in [1.54, 1.807) is 42.5 Å². The summed E-state index contributed by atoms with van der Waals surface area (Å²) in [6, 6.07) is 12.0. The molecule has 0 fully saturated rings. The summed E-state index contributed by atoms with van der Waals surface area (Å²) >= 11 is 11.9. The SMILES string of the molecule is CCCN(Cc1nc2cc(Cl)ccc2c(=O)[nH]1)CC(O)COc1ccc(Cl)cc1. The Labute approximate surface area is 179 Å². The molecular formula is C21H23Cl2N3O3. The standard InChI is InChI=1S/C21H23Cl2N3O3/c1-2-9-26(11-16(27)13-29-17-6-3-14(22)4-7-17)12-20-24-19-10-15(23)5-8-18(19)21(28)25-20/h3-8,10,16,27H,2,9,11-13H2,1H3,(H,24,25,28). The van der Waals surface area contributed by atoms with Crippen molar-refractivity contribution in [3.05, 3.63) is 68.7 Å². The van der Waals surface area contributed by atoms with Gasteiger partial charge < -0.3 is 14.8 Å².